The first-order valence-electron chi connectivity index (χ1n) is 7.52. The predicted octanol–water partition coefficient (Wildman–Crippen LogP) is 3.95. The van der Waals surface area contributed by atoms with Crippen LogP contribution in [-0.2, 0) is 10.3 Å². The largest absolute Gasteiger partial charge is 0.369 e. The van der Waals surface area contributed by atoms with Gasteiger partial charge in [-0.25, -0.2) is 9.97 Å². The number of hydrogen-bond donors (Lipinski definition) is 1. The van der Waals surface area contributed by atoms with Crippen LogP contribution in [0.3, 0.4) is 0 Å². The van der Waals surface area contributed by atoms with Gasteiger partial charge < -0.3 is 10.1 Å². The summed E-state index contributed by atoms with van der Waals surface area (Å²) in [5.74, 6) is 2.55. The molecule has 0 spiro atoms. The fourth-order valence-corrected chi connectivity index (χ4v) is 3.27. The molecule has 112 valence electrons. The minimum Gasteiger partial charge on any atom is -0.369 e. The Morgan fingerprint density at radius 1 is 1.40 bits per heavy atom. The van der Waals surface area contributed by atoms with Crippen LogP contribution >= 0.6 is 22.6 Å². The summed E-state index contributed by atoms with van der Waals surface area (Å²) in [4.78, 5) is 9.32. The second-order valence-corrected chi connectivity index (χ2v) is 6.69. The first-order valence-corrected chi connectivity index (χ1v) is 8.60. The lowest BCUT2D eigenvalue weighted by molar-refractivity contribution is -0.0836. The third kappa shape index (κ3) is 3.42. The summed E-state index contributed by atoms with van der Waals surface area (Å²) in [5, 5.41) is 3.31. The molecular formula is C15H24IN3O. The third-order valence-electron chi connectivity index (χ3n) is 4.00. The van der Waals surface area contributed by atoms with Crippen LogP contribution in [0.5, 0.6) is 0 Å². The number of anilines is 1. The summed E-state index contributed by atoms with van der Waals surface area (Å²) in [6.45, 7) is 8.02. The Kier molecular flexibility index (Phi) is 5.60. The number of rotatable bonds is 5. The van der Waals surface area contributed by atoms with E-state index >= 15 is 0 Å². The standard InChI is InChI=1S/C15H24IN3O/c1-4-17-13-12(16)10-18-14(19-13)15(20-5-2)8-6-11(3)7-9-15/h10-11H,4-9H2,1-3H3,(H,17,18,19). The van der Waals surface area contributed by atoms with Crippen LogP contribution in [0.25, 0.3) is 0 Å². The summed E-state index contributed by atoms with van der Waals surface area (Å²) in [5.41, 5.74) is -0.282. The minimum absolute atomic E-state index is 0.282. The molecule has 0 bridgehead atoms. The SMILES string of the molecule is CCNc1nc(C2(OCC)CCC(C)CC2)ncc1I. The monoisotopic (exact) mass is 389 g/mol. The smallest absolute Gasteiger partial charge is 0.162 e. The quantitative estimate of drug-likeness (QED) is 0.775. The molecule has 0 radical (unpaired) electrons. The zero-order chi connectivity index (χ0) is 14.6. The molecule has 1 aliphatic carbocycles. The highest BCUT2D eigenvalue weighted by molar-refractivity contribution is 14.1. The van der Waals surface area contributed by atoms with Crippen molar-refractivity contribution in [2.45, 2.75) is 52.1 Å². The zero-order valence-electron chi connectivity index (χ0n) is 12.6. The average Bonchev–Trinajstić information content (AvgIpc) is 2.44. The van der Waals surface area contributed by atoms with E-state index in [-0.39, 0.29) is 5.60 Å². The van der Waals surface area contributed by atoms with Crippen LogP contribution in [0.2, 0.25) is 0 Å². The topological polar surface area (TPSA) is 47.0 Å². The van der Waals surface area contributed by atoms with Crippen molar-refractivity contribution in [2.24, 2.45) is 5.92 Å². The van der Waals surface area contributed by atoms with Crippen molar-refractivity contribution in [3.63, 3.8) is 0 Å². The van der Waals surface area contributed by atoms with Gasteiger partial charge in [-0.1, -0.05) is 6.92 Å². The van der Waals surface area contributed by atoms with Crippen molar-refractivity contribution < 1.29 is 4.74 Å². The Balaban J connectivity index is 2.31. The van der Waals surface area contributed by atoms with Gasteiger partial charge in [0, 0.05) is 19.3 Å². The van der Waals surface area contributed by atoms with Crippen molar-refractivity contribution in [3.8, 4) is 0 Å². The third-order valence-corrected chi connectivity index (χ3v) is 4.79. The first kappa shape index (κ1) is 15.9. The van der Waals surface area contributed by atoms with Crippen molar-refractivity contribution >= 4 is 28.4 Å². The maximum Gasteiger partial charge on any atom is 0.162 e. The molecule has 0 atom stereocenters. The van der Waals surface area contributed by atoms with Gasteiger partial charge in [0.25, 0.3) is 0 Å². The summed E-state index contributed by atoms with van der Waals surface area (Å²) < 4.78 is 7.18. The van der Waals surface area contributed by atoms with Gasteiger partial charge in [0.1, 0.15) is 11.4 Å². The van der Waals surface area contributed by atoms with Gasteiger partial charge in [-0.3, -0.25) is 0 Å². The highest BCUT2D eigenvalue weighted by Gasteiger charge is 2.39. The molecule has 0 amide bonds. The van der Waals surface area contributed by atoms with Crippen LogP contribution in [-0.4, -0.2) is 23.1 Å². The fraction of sp³-hybridized carbons (Fsp3) is 0.733. The van der Waals surface area contributed by atoms with Gasteiger partial charge in [-0.15, -0.1) is 0 Å². The molecule has 1 N–H and O–H groups in total. The molecule has 4 nitrogen and oxygen atoms in total. The Morgan fingerprint density at radius 2 is 2.10 bits per heavy atom. The van der Waals surface area contributed by atoms with Gasteiger partial charge in [0.05, 0.1) is 3.57 Å². The van der Waals surface area contributed by atoms with E-state index in [1.165, 1.54) is 12.8 Å². The molecule has 0 aromatic carbocycles. The van der Waals surface area contributed by atoms with Gasteiger partial charge >= 0.3 is 0 Å². The van der Waals surface area contributed by atoms with Crippen LogP contribution < -0.4 is 5.32 Å². The number of hydrogen-bond acceptors (Lipinski definition) is 4. The molecule has 1 aromatic heterocycles. The van der Waals surface area contributed by atoms with Crippen LogP contribution in [0.1, 0.15) is 52.3 Å². The zero-order valence-corrected chi connectivity index (χ0v) is 14.7. The van der Waals surface area contributed by atoms with E-state index in [0.29, 0.717) is 6.61 Å². The molecule has 1 aliphatic rings. The Labute approximate surface area is 135 Å². The first-order chi connectivity index (χ1) is 9.61. The highest BCUT2D eigenvalue weighted by atomic mass is 127. The lowest BCUT2D eigenvalue weighted by Crippen LogP contribution is -2.36. The van der Waals surface area contributed by atoms with Gasteiger partial charge in [-0.2, -0.15) is 0 Å². The van der Waals surface area contributed by atoms with Crippen molar-refractivity contribution in [1.82, 2.24) is 9.97 Å². The van der Waals surface area contributed by atoms with Crippen molar-refractivity contribution in [1.29, 1.82) is 0 Å². The molecule has 1 heterocycles. The van der Waals surface area contributed by atoms with Gasteiger partial charge in [0.2, 0.25) is 0 Å². The Hall–Kier alpha value is -0.430. The van der Waals surface area contributed by atoms with E-state index in [1.807, 2.05) is 6.20 Å². The summed E-state index contributed by atoms with van der Waals surface area (Å²) in [7, 11) is 0. The Bertz CT molecular complexity index is 445. The van der Waals surface area contributed by atoms with E-state index in [4.69, 9.17) is 9.72 Å². The molecule has 1 fully saturated rings. The van der Waals surface area contributed by atoms with Gasteiger partial charge in [-0.05, 0) is 68.0 Å². The molecule has 0 saturated heterocycles. The molecular weight excluding hydrogens is 365 g/mol. The normalized spacial score (nSPS) is 26.5. The fourth-order valence-electron chi connectivity index (χ4n) is 2.82. The average molecular weight is 389 g/mol. The van der Waals surface area contributed by atoms with E-state index in [1.54, 1.807) is 0 Å². The molecule has 2 rings (SSSR count). The van der Waals surface area contributed by atoms with Crippen LogP contribution in [0.4, 0.5) is 5.82 Å². The molecule has 5 heteroatoms. The van der Waals surface area contributed by atoms with Crippen molar-refractivity contribution in [3.05, 3.63) is 15.6 Å². The van der Waals surface area contributed by atoms with Gasteiger partial charge in [0.15, 0.2) is 5.82 Å². The summed E-state index contributed by atoms with van der Waals surface area (Å²) in [6.07, 6.45) is 6.32. The van der Waals surface area contributed by atoms with E-state index < -0.39 is 0 Å². The lowest BCUT2D eigenvalue weighted by Gasteiger charge is -2.37. The molecule has 1 aromatic rings. The van der Waals surface area contributed by atoms with E-state index in [9.17, 15) is 0 Å². The van der Waals surface area contributed by atoms with Crippen LogP contribution in [0, 0.1) is 9.49 Å². The van der Waals surface area contributed by atoms with Crippen LogP contribution in [0.15, 0.2) is 6.20 Å². The number of nitrogens with zero attached hydrogens (tertiary/aromatic N) is 2. The summed E-state index contributed by atoms with van der Waals surface area (Å²) in [6, 6.07) is 0. The van der Waals surface area contributed by atoms with E-state index in [0.717, 1.165) is 40.5 Å². The maximum absolute atomic E-state index is 6.12. The molecule has 0 aliphatic heterocycles. The predicted molar refractivity (Wildman–Crippen MR) is 89.8 cm³/mol. The molecule has 20 heavy (non-hydrogen) atoms. The second kappa shape index (κ2) is 7.02. The van der Waals surface area contributed by atoms with E-state index in [2.05, 4.69) is 53.7 Å². The summed E-state index contributed by atoms with van der Waals surface area (Å²) >= 11 is 2.27. The number of aromatic nitrogens is 2. The molecule has 0 unspecified atom stereocenters. The lowest BCUT2D eigenvalue weighted by atomic mass is 9.79. The maximum atomic E-state index is 6.12. The van der Waals surface area contributed by atoms with Crippen molar-refractivity contribution in [2.75, 3.05) is 18.5 Å². The number of ether oxygens (including phenoxy) is 1. The number of nitrogens with one attached hydrogen (secondary N) is 1. The minimum atomic E-state index is -0.282. The molecule has 1 saturated carbocycles. The Morgan fingerprint density at radius 3 is 2.70 bits per heavy atom. The highest BCUT2D eigenvalue weighted by Crippen LogP contribution is 2.41. The second-order valence-electron chi connectivity index (χ2n) is 5.53. The number of halogens is 1.